The van der Waals surface area contributed by atoms with Crippen LogP contribution in [0.4, 0.5) is 5.69 Å². The summed E-state index contributed by atoms with van der Waals surface area (Å²) in [5.74, 6) is 3.40. The minimum atomic E-state index is 0.113. The standard InChI is InChI=1S/C21H26N4O2/c1-6-9-24-10-11-25(16(2)14-24)21(17(13-22)15-26)19-8-7-18(27-5)12-20(19)23(3)4/h1,7-8,12,15-16H,9-11,14H2,2-5H3/b21-17+. The number of carbonyl (C=O) groups is 1. The van der Waals surface area contributed by atoms with Crippen molar-refractivity contribution in [2.75, 3.05) is 52.3 Å². The summed E-state index contributed by atoms with van der Waals surface area (Å²) in [6, 6.07) is 7.85. The minimum Gasteiger partial charge on any atom is -0.497 e. The fraction of sp³-hybridized carbons (Fsp3) is 0.429. The van der Waals surface area contributed by atoms with Gasteiger partial charge < -0.3 is 14.5 Å². The molecule has 0 radical (unpaired) electrons. The summed E-state index contributed by atoms with van der Waals surface area (Å²) >= 11 is 0. The first-order valence-corrected chi connectivity index (χ1v) is 8.84. The molecule has 1 atom stereocenters. The number of carbonyl (C=O) groups excluding carboxylic acids is 1. The maximum atomic E-state index is 11.7. The third-order valence-corrected chi connectivity index (χ3v) is 4.75. The second kappa shape index (κ2) is 9.12. The molecule has 6 heteroatoms. The maximum Gasteiger partial charge on any atom is 0.162 e. The highest BCUT2D eigenvalue weighted by Crippen LogP contribution is 2.35. The SMILES string of the molecule is C#CCN1CCN(/C(=C(\C#N)C=O)c2ccc(OC)cc2N(C)C)C(C)C1. The van der Waals surface area contributed by atoms with Crippen molar-refractivity contribution in [3.8, 4) is 24.2 Å². The fourth-order valence-corrected chi connectivity index (χ4v) is 3.44. The maximum absolute atomic E-state index is 11.7. The van der Waals surface area contributed by atoms with E-state index < -0.39 is 0 Å². The molecule has 0 saturated carbocycles. The number of anilines is 1. The summed E-state index contributed by atoms with van der Waals surface area (Å²) in [6.07, 6.45) is 6.08. The van der Waals surface area contributed by atoms with Crippen LogP contribution in [0.25, 0.3) is 5.70 Å². The van der Waals surface area contributed by atoms with E-state index >= 15 is 0 Å². The number of methoxy groups -OCH3 is 1. The molecule has 1 unspecified atom stereocenters. The van der Waals surface area contributed by atoms with Crippen LogP contribution in [0.15, 0.2) is 23.8 Å². The van der Waals surface area contributed by atoms with Gasteiger partial charge in [-0.25, -0.2) is 0 Å². The van der Waals surface area contributed by atoms with Crippen molar-refractivity contribution >= 4 is 17.7 Å². The van der Waals surface area contributed by atoms with Crippen molar-refractivity contribution in [3.63, 3.8) is 0 Å². The highest BCUT2D eigenvalue weighted by Gasteiger charge is 2.29. The van der Waals surface area contributed by atoms with Crippen molar-refractivity contribution in [1.82, 2.24) is 9.80 Å². The van der Waals surface area contributed by atoms with E-state index in [1.54, 1.807) is 7.11 Å². The quantitative estimate of drug-likeness (QED) is 0.331. The van der Waals surface area contributed by atoms with E-state index in [0.717, 1.165) is 30.1 Å². The van der Waals surface area contributed by atoms with Gasteiger partial charge in [-0.2, -0.15) is 5.26 Å². The second-order valence-electron chi connectivity index (χ2n) is 6.75. The van der Waals surface area contributed by atoms with E-state index in [1.165, 1.54) is 0 Å². The van der Waals surface area contributed by atoms with Crippen molar-refractivity contribution < 1.29 is 9.53 Å². The first-order valence-electron chi connectivity index (χ1n) is 8.84. The van der Waals surface area contributed by atoms with Gasteiger partial charge in [-0.1, -0.05) is 5.92 Å². The minimum absolute atomic E-state index is 0.113. The van der Waals surface area contributed by atoms with Crippen LogP contribution in [0, 0.1) is 23.7 Å². The summed E-state index contributed by atoms with van der Waals surface area (Å²) in [5.41, 5.74) is 2.51. The van der Waals surface area contributed by atoms with Gasteiger partial charge in [0.05, 0.1) is 19.4 Å². The van der Waals surface area contributed by atoms with Crippen molar-refractivity contribution in [2.24, 2.45) is 0 Å². The largest absolute Gasteiger partial charge is 0.497 e. The normalized spacial score (nSPS) is 18.1. The summed E-state index contributed by atoms with van der Waals surface area (Å²) in [4.78, 5) is 18.0. The number of hydrogen-bond acceptors (Lipinski definition) is 6. The molecule has 142 valence electrons. The molecular formula is C21H26N4O2. The number of allylic oxidation sites excluding steroid dienone is 1. The smallest absolute Gasteiger partial charge is 0.162 e. The zero-order valence-electron chi connectivity index (χ0n) is 16.4. The molecule has 0 aliphatic carbocycles. The van der Waals surface area contributed by atoms with Gasteiger partial charge in [-0.3, -0.25) is 9.69 Å². The van der Waals surface area contributed by atoms with E-state index in [2.05, 4.69) is 28.7 Å². The van der Waals surface area contributed by atoms with Crippen LogP contribution in [0.1, 0.15) is 12.5 Å². The fourth-order valence-electron chi connectivity index (χ4n) is 3.44. The topological polar surface area (TPSA) is 59.8 Å². The van der Waals surface area contributed by atoms with Crippen LogP contribution < -0.4 is 9.64 Å². The molecule has 6 nitrogen and oxygen atoms in total. The molecule has 2 rings (SSSR count). The molecule has 1 aromatic carbocycles. The van der Waals surface area contributed by atoms with E-state index in [-0.39, 0.29) is 11.6 Å². The lowest BCUT2D eigenvalue weighted by atomic mass is 10.00. The highest BCUT2D eigenvalue weighted by molar-refractivity contribution is 5.94. The molecule has 1 fully saturated rings. The number of nitriles is 1. The Labute approximate surface area is 161 Å². The van der Waals surface area contributed by atoms with E-state index in [1.807, 2.05) is 37.2 Å². The number of benzene rings is 1. The number of aldehydes is 1. The lowest BCUT2D eigenvalue weighted by molar-refractivity contribution is -0.104. The molecule has 0 aromatic heterocycles. The average molecular weight is 366 g/mol. The summed E-state index contributed by atoms with van der Waals surface area (Å²) in [5, 5.41) is 9.60. The Balaban J connectivity index is 2.56. The van der Waals surface area contributed by atoms with Gasteiger partial charge in [0.2, 0.25) is 0 Å². The van der Waals surface area contributed by atoms with Crippen molar-refractivity contribution in [2.45, 2.75) is 13.0 Å². The first-order chi connectivity index (χ1) is 13.0. The summed E-state index contributed by atoms with van der Waals surface area (Å²) in [6.45, 7) is 4.93. The van der Waals surface area contributed by atoms with Gasteiger partial charge in [0.15, 0.2) is 6.29 Å². The van der Waals surface area contributed by atoms with Gasteiger partial charge in [0.1, 0.15) is 17.4 Å². The number of terminal acetylenes is 1. The molecule has 27 heavy (non-hydrogen) atoms. The van der Waals surface area contributed by atoms with E-state index in [4.69, 9.17) is 11.2 Å². The van der Waals surface area contributed by atoms with Gasteiger partial charge in [0, 0.05) is 57.1 Å². The Kier molecular flexibility index (Phi) is 6.87. The van der Waals surface area contributed by atoms with Crippen LogP contribution >= 0.6 is 0 Å². The number of piperazine rings is 1. The average Bonchev–Trinajstić information content (AvgIpc) is 2.66. The van der Waals surface area contributed by atoms with Crippen LogP contribution in [-0.2, 0) is 4.79 Å². The van der Waals surface area contributed by atoms with Crippen LogP contribution in [0.3, 0.4) is 0 Å². The summed E-state index contributed by atoms with van der Waals surface area (Å²) in [7, 11) is 5.47. The van der Waals surface area contributed by atoms with Crippen LogP contribution in [-0.4, -0.2) is 69.5 Å². The highest BCUT2D eigenvalue weighted by atomic mass is 16.5. The number of nitrogens with zero attached hydrogens (tertiary/aromatic N) is 4. The van der Waals surface area contributed by atoms with Gasteiger partial charge >= 0.3 is 0 Å². The van der Waals surface area contributed by atoms with E-state index in [9.17, 15) is 10.1 Å². The predicted molar refractivity (Wildman–Crippen MR) is 107 cm³/mol. The molecule has 1 aromatic rings. The van der Waals surface area contributed by atoms with Crippen molar-refractivity contribution in [3.05, 3.63) is 29.3 Å². The third-order valence-electron chi connectivity index (χ3n) is 4.75. The molecule has 1 aliphatic rings. The zero-order valence-corrected chi connectivity index (χ0v) is 16.4. The Morgan fingerprint density at radius 2 is 2.19 bits per heavy atom. The number of rotatable bonds is 6. The molecule has 1 aliphatic heterocycles. The Hall–Kier alpha value is -2.96. The lowest BCUT2D eigenvalue weighted by Crippen LogP contribution is -2.51. The van der Waals surface area contributed by atoms with Gasteiger partial charge in [-0.05, 0) is 19.1 Å². The Morgan fingerprint density at radius 3 is 2.70 bits per heavy atom. The second-order valence-corrected chi connectivity index (χ2v) is 6.75. The molecule has 0 N–H and O–H groups in total. The van der Waals surface area contributed by atoms with Gasteiger partial charge in [-0.15, -0.1) is 6.42 Å². The molecule has 0 amide bonds. The Bertz CT molecular complexity index is 801. The Morgan fingerprint density at radius 1 is 1.44 bits per heavy atom. The van der Waals surface area contributed by atoms with Crippen molar-refractivity contribution in [1.29, 1.82) is 5.26 Å². The monoisotopic (exact) mass is 366 g/mol. The zero-order chi connectivity index (χ0) is 20.0. The van der Waals surface area contributed by atoms with E-state index in [0.29, 0.717) is 25.1 Å². The number of hydrogen-bond donors (Lipinski definition) is 0. The molecule has 1 saturated heterocycles. The number of ether oxygens (including phenoxy) is 1. The summed E-state index contributed by atoms with van der Waals surface area (Å²) < 4.78 is 5.34. The first kappa shape index (κ1) is 20.4. The molecular weight excluding hydrogens is 340 g/mol. The third kappa shape index (κ3) is 4.42. The molecule has 0 spiro atoms. The van der Waals surface area contributed by atoms with Crippen LogP contribution in [0.5, 0.6) is 5.75 Å². The molecule has 0 bridgehead atoms. The predicted octanol–water partition coefficient (Wildman–Crippen LogP) is 1.83. The van der Waals surface area contributed by atoms with Crippen LogP contribution in [0.2, 0.25) is 0 Å². The lowest BCUT2D eigenvalue weighted by Gasteiger charge is -2.42. The molecule has 1 heterocycles. The van der Waals surface area contributed by atoms with Gasteiger partial charge in [0.25, 0.3) is 0 Å².